The molecule has 0 radical (unpaired) electrons. The molecule has 1 heterocycles. The van der Waals surface area contributed by atoms with Crippen molar-refractivity contribution in [2.45, 2.75) is 44.7 Å². The van der Waals surface area contributed by atoms with E-state index in [-0.39, 0.29) is 35.7 Å². The first-order chi connectivity index (χ1) is 14.8. The number of nitrogens with one attached hydrogen (secondary N) is 1. The summed E-state index contributed by atoms with van der Waals surface area (Å²) in [6, 6.07) is 9.25. The van der Waals surface area contributed by atoms with Crippen LogP contribution in [0.2, 0.25) is 5.02 Å². The second kappa shape index (κ2) is 8.59. The number of hydrogen-bond acceptors (Lipinski definition) is 3. The number of aromatic hydroxyl groups is 1. The van der Waals surface area contributed by atoms with Crippen molar-refractivity contribution in [2.24, 2.45) is 0 Å². The first-order valence-electron chi connectivity index (χ1n) is 10.1. The number of nitrogens with zero attached hydrogens (tertiary/aromatic N) is 1. The molecule has 8 heteroatoms. The number of amides is 1. The molecule has 1 aliphatic carbocycles. The van der Waals surface area contributed by atoms with Crippen LogP contribution in [0.1, 0.15) is 29.7 Å². The van der Waals surface area contributed by atoms with Gasteiger partial charge in [-0.05, 0) is 61.1 Å². The number of aryl methyl sites for hydroxylation is 1. The minimum Gasteiger partial charge on any atom is -0.508 e. The summed E-state index contributed by atoms with van der Waals surface area (Å²) in [7, 11) is 0. The van der Waals surface area contributed by atoms with Gasteiger partial charge in [0.25, 0.3) is 0 Å². The Kier molecular flexibility index (Phi) is 5.87. The van der Waals surface area contributed by atoms with Crippen LogP contribution in [0, 0.1) is 5.82 Å². The van der Waals surface area contributed by atoms with Gasteiger partial charge in [0.1, 0.15) is 18.1 Å². The van der Waals surface area contributed by atoms with Gasteiger partial charge < -0.3 is 20.1 Å². The second-order valence-corrected chi connectivity index (χ2v) is 8.27. The summed E-state index contributed by atoms with van der Waals surface area (Å²) in [6.07, 6.45) is 2.49. The highest BCUT2D eigenvalue weighted by Crippen LogP contribution is 2.36. The number of aromatic nitrogens is 1. The van der Waals surface area contributed by atoms with Gasteiger partial charge in [-0.1, -0.05) is 23.7 Å². The molecular formula is C23H22ClFN2O4. The SMILES string of the molecule is O=C(O)Cn1c2c(c3cc(F)cc(Cl)c31)C[C@H](NC(=O)CCc1cccc(O)c1)CC2. The Hall–Kier alpha value is -3.06. The average molecular weight is 445 g/mol. The maximum atomic E-state index is 14.0. The smallest absolute Gasteiger partial charge is 0.323 e. The van der Waals surface area contributed by atoms with E-state index in [0.29, 0.717) is 36.6 Å². The van der Waals surface area contributed by atoms with Gasteiger partial charge in [-0.3, -0.25) is 9.59 Å². The van der Waals surface area contributed by atoms with Crippen LogP contribution in [-0.2, 0) is 35.4 Å². The number of carbonyl (C=O) groups is 2. The molecule has 0 spiro atoms. The third kappa shape index (κ3) is 4.51. The zero-order chi connectivity index (χ0) is 22.1. The van der Waals surface area contributed by atoms with Gasteiger partial charge in [0.15, 0.2) is 0 Å². The first kappa shape index (κ1) is 21.2. The Morgan fingerprint density at radius 2 is 2.06 bits per heavy atom. The van der Waals surface area contributed by atoms with Crippen LogP contribution >= 0.6 is 11.6 Å². The summed E-state index contributed by atoms with van der Waals surface area (Å²) in [5, 5.41) is 22.7. The summed E-state index contributed by atoms with van der Waals surface area (Å²) in [5.41, 5.74) is 3.06. The number of rotatable bonds is 6. The molecule has 1 amide bonds. The highest BCUT2D eigenvalue weighted by molar-refractivity contribution is 6.35. The molecule has 1 aromatic heterocycles. The lowest BCUT2D eigenvalue weighted by molar-refractivity contribution is -0.137. The van der Waals surface area contributed by atoms with Crippen molar-refractivity contribution in [3.05, 3.63) is 64.1 Å². The number of carboxylic acids is 1. The van der Waals surface area contributed by atoms with Crippen LogP contribution in [0.15, 0.2) is 36.4 Å². The quantitative estimate of drug-likeness (QED) is 0.539. The lowest BCUT2D eigenvalue weighted by Gasteiger charge is -2.25. The second-order valence-electron chi connectivity index (χ2n) is 7.87. The van der Waals surface area contributed by atoms with Crippen LogP contribution in [-0.4, -0.2) is 32.7 Å². The third-order valence-electron chi connectivity index (χ3n) is 5.69. The molecule has 1 aliphatic rings. The fraction of sp³-hybridized carbons (Fsp3) is 0.304. The largest absolute Gasteiger partial charge is 0.508 e. The lowest BCUT2D eigenvalue weighted by Crippen LogP contribution is -2.39. The van der Waals surface area contributed by atoms with Crippen molar-refractivity contribution >= 4 is 34.4 Å². The third-order valence-corrected chi connectivity index (χ3v) is 5.98. The van der Waals surface area contributed by atoms with Crippen LogP contribution in [0.5, 0.6) is 5.75 Å². The number of benzene rings is 2. The van der Waals surface area contributed by atoms with Crippen LogP contribution in [0.3, 0.4) is 0 Å². The molecule has 162 valence electrons. The minimum atomic E-state index is -0.998. The Morgan fingerprint density at radius 1 is 1.26 bits per heavy atom. The van der Waals surface area contributed by atoms with Crippen molar-refractivity contribution in [3.8, 4) is 5.75 Å². The molecule has 0 aliphatic heterocycles. The van der Waals surface area contributed by atoms with Crippen molar-refractivity contribution in [3.63, 3.8) is 0 Å². The van der Waals surface area contributed by atoms with E-state index >= 15 is 0 Å². The number of fused-ring (bicyclic) bond motifs is 3. The molecule has 2 aromatic carbocycles. The maximum absolute atomic E-state index is 14.0. The standard InChI is InChI=1S/C23H22ClFN2O4/c24-19-10-14(25)9-18-17-11-15(5-6-20(17)27(23(18)19)12-22(30)31)26-21(29)7-4-13-2-1-3-16(28)8-13/h1-3,8-10,15,28H,4-7,11-12H2,(H,26,29)(H,30,31)/t15-/m1/s1. The number of aliphatic carboxylic acids is 1. The first-order valence-corrected chi connectivity index (χ1v) is 10.5. The molecule has 4 rings (SSSR count). The van der Waals surface area contributed by atoms with E-state index in [9.17, 15) is 24.2 Å². The normalized spacial score (nSPS) is 15.6. The van der Waals surface area contributed by atoms with Gasteiger partial charge in [-0.2, -0.15) is 0 Å². The van der Waals surface area contributed by atoms with Gasteiger partial charge in [0.05, 0.1) is 10.5 Å². The number of carbonyl (C=O) groups excluding carboxylic acids is 1. The van der Waals surface area contributed by atoms with E-state index in [4.69, 9.17) is 11.6 Å². The Morgan fingerprint density at radius 3 is 2.81 bits per heavy atom. The Labute approximate surface area is 183 Å². The molecule has 0 saturated heterocycles. The van der Waals surface area contributed by atoms with Gasteiger partial charge in [0, 0.05) is 23.5 Å². The lowest BCUT2D eigenvalue weighted by atomic mass is 9.91. The van der Waals surface area contributed by atoms with E-state index in [1.54, 1.807) is 22.8 Å². The number of hydrogen-bond donors (Lipinski definition) is 3. The number of carboxylic acid groups (broad SMARTS) is 1. The number of halogens is 2. The maximum Gasteiger partial charge on any atom is 0.323 e. The number of phenolic OH excluding ortho intramolecular Hbond substituents is 1. The zero-order valence-corrected chi connectivity index (χ0v) is 17.5. The molecule has 6 nitrogen and oxygen atoms in total. The molecule has 0 fully saturated rings. The topological polar surface area (TPSA) is 91.6 Å². The molecule has 0 unspecified atom stereocenters. The summed E-state index contributed by atoms with van der Waals surface area (Å²) >= 11 is 6.26. The highest BCUT2D eigenvalue weighted by Gasteiger charge is 2.28. The van der Waals surface area contributed by atoms with Crippen LogP contribution in [0.25, 0.3) is 10.9 Å². The summed E-state index contributed by atoms with van der Waals surface area (Å²) in [4.78, 5) is 23.8. The molecule has 31 heavy (non-hydrogen) atoms. The van der Waals surface area contributed by atoms with Gasteiger partial charge in [0.2, 0.25) is 5.91 Å². The van der Waals surface area contributed by atoms with Gasteiger partial charge in [-0.15, -0.1) is 0 Å². The summed E-state index contributed by atoms with van der Waals surface area (Å²) < 4.78 is 15.7. The summed E-state index contributed by atoms with van der Waals surface area (Å²) in [5.74, 6) is -1.41. The Balaban J connectivity index is 1.52. The predicted octanol–water partition coefficient (Wildman–Crippen LogP) is 3.83. The fourth-order valence-corrected chi connectivity index (χ4v) is 4.71. The van der Waals surface area contributed by atoms with Crippen molar-refractivity contribution in [2.75, 3.05) is 0 Å². The van der Waals surface area contributed by atoms with Gasteiger partial charge in [-0.25, -0.2) is 4.39 Å². The van der Waals surface area contributed by atoms with Crippen molar-refractivity contribution < 1.29 is 24.2 Å². The number of phenols is 1. The predicted molar refractivity (Wildman–Crippen MR) is 115 cm³/mol. The summed E-state index contributed by atoms with van der Waals surface area (Å²) in [6.45, 7) is -0.252. The van der Waals surface area contributed by atoms with E-state index in [1.807, 2.05) is 6.07 Å². The van der Waals surface area contributed by atoms with Crippen LogP contribution < -0.4 is 5.32 Å². The van der Waals surface area contributed by atoms with Gasteiger partial charge >= 0.3 is 5.97 Å². The van der Waals surface area contributed by atoms with Crippen molar-refractivity contribution in [1.82, 2.24) is 9.88 Å². The molecular weight excluding hydrogens is 423 g/mol. The van der Waals surface area contributed by atoms with Crippen LogP contribution in [0.4, 0.5) is 4.39 Å². The molecule has 3 aromatic rings. The molecule has 3 N–H and O–H groups in total. The van der Waals surface area contributed by atoms with Crippen molar-refractivity contribution in [1.29, 1.82) is 0 Å². The highest BCUT2D eigenvalue weighted by atomic mass is 35.5. The van der Waals surface area contributed by atoms with E-state index < -0.39 is 11.8 Å². The van der Waals surface area contributed by atoms with E-state index in [1.165, 1.54) is 12.1 Å². The minimum absolute atomic E-state index is 0.102. The average Bonchev–Trinajstić information content (AvgIpc) is 2.99. The fourth-order valence-electron chi connectivity index (χ4n) is 4.40. The zero-order valence-electron chi connectivity index (χ0n) is 16.7. The Bertz CT molecular complexity index is 1170. The molecule has 1 atom stereocenters. The molecule has 0 bridgehead atoms. The monoisotopic (exact) mass is 444 g/mol. The van der Waals surface area contributed by atoms with E-state index in [2.05, 4.69) is 5.32 Å². The molecule has 0 saturated carbocycles. The van der Waals surface area contributed by atoms with E-state index in [0.717, 1.165) is 16.8 Å².